The van der Waals surface area contributed by atoms with Crippen LogP contribution in [0, 0.1) is 5.92 Å². The summed E-state index contributed by atoms with van der Waals surface area (Å²) >= 11 is 12.1. The van der Waals surface area contributed by atoms with Crippen LogP contribution in [0.3, 0.4) is 0 Å². The van der Waals surface area contributed by atoms with Gasteiger partial charge in [-0.15, -0.1) is 12.4 Å². The average Bonchev–Trinajstić information content (AvgIpc) is 2.89. The van der Waals surface area contributed by atoms with Gasteiger partial charge in [-0.2, -0.15) is 0 Å². The molecule has 1 amide bonds. The maximum Gasteiger partial charge on any atom is 0.225 e. The van der Waals surface area contributed by atoms with E-state index >= 15 is 0 Å². The second-order valence-corrected chi connectivity index (χ2v) is 6.22. The molecular formula is C15H22Cl3N3O. The fraction of sp³-hybridized carbons (Fsp3) is 0.533. The number of nitrogens with zero attached hydrogens (tertiary/aromatic N) is 1. The zero-order valence-electron chi connectivity index (χ0n) is 12.6. The van der Waals surface area contributed by atoms with Crippen molar-refractivity contribution in [2.75, 3.05) is 38.5 Å². The van der Waals surface area contributed by atoms with Gasteiger partial charge in [-0.1, -0.05) is 29.3 Å². The van der Waals surface area contributed by atoms with E-state index in [4.69, 9.17) is 23.2 Å². The average molecular weight is 367 g/mol. The van der Waals surface area contributed by atoms with Crippen molar-refractivity contribution < 1.29 is 4.79 Å². The minimum absolute atomic E-state index is 0. The molecule has 7 heteroatoms. The molecule has 0 aliphatic carbocycles. The lowest BCUT2D eigenvalue weighted by molar-refractivity contribution is -0.116. The number of nitrogens with one attached hydrogen (secondary N) is 2. The number of halogens is 3. The van der Waals surface area contributed by atoms with E-state index in [1.807, 2.05) is 7.05 Å². The maximum atomic E-state index is 12.0. The Bertz CT molecular complexity index is 479. The predicted octanol–water partition coefficient (Wildman–Crippen LogP) is 3.29. The predicted molar refractivity (Wildman–Crippen MR) is 95.4 cm³/mol. The Morgan fingerprint density at radius 1 is 1.36 bits per heavy atom. The van der Waals surface area contributed by atoms with E-state index in [9.17, 15) is 4.79 Å². The number of hydrogen-bond acceptors (Lipinski definition) is 3. The Balaban J connectivity index is 0.00000242. The van der Waals surface area contributed by atoms with Crippen molar-refractivity contribution in [2.24, 2.45) is 5.92 Å². The summed E-state index contributed by atoms with van der Waals surface area (Å²) < 4.78 is 0. The third kappa shape index (κ3) is 5.60. The van der Waals surface area contributed by atoms with Gasteiger partial charge < -0.3 is 15.5 Å². The summed E-state index contributed by atoms with van der Waals surface area (Å²) in [6, 6.07) is 5.18. The van der Waals surface area contributed by atoms with E-state index in [1.54, 1.807) is 18.2 Å². The van der Waals surface area contributed by atoms with Crippen molar-refractivity contribution in [2.45, 2.75) is 12.8 Å². The number of benzene rings is 1. The fourth-order valence-corrected chi connectivity index (χ4v) is 3.14. The van der Waals surface area contributed by atoms with Gasteiger partial charge in [0.05, 0.1) is 15.7 Å². The lowest BCUT2D eigenvalue weighted by Crippen LogP contribution is -2.28. The summed E-state index contributed by atoms with van der Waals surface area (Å²) in [5.74, 6) is 0.637. The standard InChI is InChI=1S/C15H21Cl2N3O.ClH/c1-18-9-11-5-7-20(10-11)8-6-14(21)19-15-12(16)3-2-4-13(15)17;/h2-4,11,18H,5-10H2,1H3,(H,19,21);1H. The van der Waals surface area contributed by atoms with Crippen molar-refractivity contribution in [1.29, 1.82) is 0 Å². The van der Waals surface area contributed by atoms with Crippen molar-refractivity contribution in [3.8, 4) is 0 Å². The Hall–Kier alpha value is -0.520. The van der Waals surface area contributed by atoms with Gasteiger partial charge in [0.2, 0.25) is 5.91 Å². The van der Waals surface area contributed by atoms with E-state index < -0.39 is 0 Å². The van der Waals surface area contributed by atoms with Crippen LogP contribution in [0.4, 0.5) is 5.69 Å². The molecule has 0 aromatic heterocycles. The van der Waals surface area contributed by atoms with Crippen molar-refractivity contribution in [1.82, 2.24) is 10.2 Å². The van der Waals surface area contributed by atoms with Crippen molar-refractivity contribution in [3.05, 3.63) is 28.2 Å². The SMILES string of the molecule is CNCC1CCN(CCC(=O)Nc2c(Cl)cccc2Cl)C1.Cl. The Kier molecular flexibility index (Phi) is 8.50. The summed E-state index contributed by atoms with van der Waals surface area (Å²) in [6.45, 7) is 3.93. The normalized spacial score (nSPS) is 18.0. The second kappa shape index (κ2) is 9.58. The van der Waals surface area contributed by atoms with Crippen LogP contribution < -0.4 is 10.6 Å². The Labute approximate surface area is 147 Å². The van der Waals surface area contributed by atoms with Gasteiger partial charge in [-0.3, -0.25) is 4.79 Å². The lowest BCUT2D eigenvalue weighted by Gasteiger charge is -2.16. The molecule has 0 saturated carbocycles. The number of anilines is 1. The first-order chi connectivity index (χ1) is 10.1. The third-order valence-corrected chi connectivity index (χ3v) is 4.37. The van der Waals surface area contributed by atoms with Crippen molar-refractivity contribution in [3.63, 3.8) is 0 Å². The molecule has 1 unspecified atom stereocenters. The minimum Gasteiger partial charge on any atom is -0.324 e. The first-order valence-corrected chi connectivity index (χ1v) is 7.96. The van der Waals surface area contributed by atoms with E-state index in [1.165, 1.54) is 6.42 Å². The maximum absolute atomic E-state index is 12.0. The van der Waals surface area contributed by atoms with Gasteiger partial charge in [-0.25, -0.2) is 0 Å². The molecule has 0 radical (unpaired) electrons. The molecule has 0 spiro atoms. The zero-order valence-corrected chi connectivity index (χ0v) is 14.9. The highest BCUT2D eigenvalue weighted by Gasteiger charge is 2.22. The second-order valence-electron chi connectivity index (χ2n) is 5.41. The van der Waals surface area contributed by atoms with E-state index in [-0.39, 0.29) is 18.3 Å². The topological polar surface area (TPSA) is 44.4 Å². The molecule has 1 heterocycles. The molecule has 22 heavy (non-hydrogen) atoms. The number of amides is 1. The number of hydrogen-bond donors (Lipinski definition) is 2. The molecule has 1 aliphatic heterocycles. The third-order valence-electron chi connectivity index (χ3n) is 3.75. The summed E-state index contributed by atoms with van der Waals surface area (Å²) in [4.78, 5) is 14.3. The summed E-state index contributed by atoms with van der Waals surface area (Å²) in [5.41, 5.74) is 0.500. The van der Waals surface area contributed by atoms with E-state index in [0.717, 1.165) is 26.2 Å². The molecule has 1 fully saturated rings. The Morgan fingerprint density at radius 3 is 2.68 bits per heavy atom. The van der Waals surface area contributed by atoms with Crippen LogP contribution in [0.15, 0.2) is 18.2 Å². The van der Waals surface area contributed by atoms with Gasteiger partial charge in [0.15, 0.2) is 0 Å². The van der Waals surface area contributed by atoms with Crippen LogP contribution >= 0.6 is 35.6 Å². The number of para-hydroxylation sites is 1. The highest BCUT2D eigenvalue weighted by Crippen LogP contribution is 2.29. The van der Waals surface area contributed by atoms with Crippen LogP contribution in [-0.2, 0) is 4.79 Å². The molecule has 1 saturated heterocycles. The molecule has 1 atom stereocenters. The van der Waals surface area contributed by atoms with Crippen LogP contribution in [0.1, 0.15) is 12.8 Å². The van der Waals surface area contributed by atoms with E-state index in [2.05, 4.69) is 15.5 Å². The summed E-state index contributed by atoms with van der Waals surface area (Å²) in [7, 11) is 1.98. The molecule has 0 bridgehead atoms. The minimum atomic E-state index is -0.0536. The largest absolute Gasteiger partial charge is 0.324 e. The molecule has 2 N–H and O–H groups in total. The monoisotopic (exact) mass is 365 g/mol. The number of carbonyl (C=O) groups is 1. The summed E-state index contributed by atoms with van der Waals surface area (Å²) in [6.07, 6.45) is 1.65. The van der Waals surface area contributed by atoms with Gasteiger partial charge in [0.1, 0.15) is 0 Å². The van der Waals surface area contributed by atoms with Crippen LogP contribution in [0.2, 0.25) is 10.0 Å². The van der Waals surface area contributed by atoms with Gasteiger partial charge in [0.25, 0.3) is 0 Å². The highest BCUT2D eigenvalue weighted by molar-refractivity contribution is 6.39. The van der Waals surface area contributed by atoms with Gasteiger partial charge in [0, 0.05) is 19.5 Å². The smallest absolute Gasteiger partial charge is 0.225 e. The molecule has 124 valence electrons. The molecule has 1 aromatic rings. The first-order valence-electron chi connectivity index (χ1n) is 7.21. The van der Waals surface area contributed by atoms with Gasteiger partial charge >= 0.3 is 0 Å². The molecule has 2 rings (SSSR count). The number of rotatable bonds is 6. The van der Waals surface area contributed by atoms with Crippen LogP contribution in [-0.4, -0.2) is 44.0 Å². The molecule has 1 aromatic carbocycles. The molecular weight excluding hydrogens is 345 g/mol. The number of carbonyl (C=O) groups excluding carboxylic acids is 1. The Morgan fingerprint density at radius 2 is 2.05 bits per heavy atom. The highest BCUT2D eigenvalue weighted by atomic mass is 35.5. The van der Waals surface area contributed by atoms with Crippen LogP contribution in [0.5, 0.6) is 0 Å². The first kappa shape index (κ1) is 19.5. The van der Waals surface area contributed by atoms with Crippen molar-refractivity contribution >= 4 is 47.2 Å². The summed E-state index contributed by atoms with van der Waals surface area (Å²) in [5, 5.41) is 6.93. The lowest BCUT2D eigenvalue weighted by atomic mass is 10.1. The zero-order chi connectivity index (χ0) is 15.2. The fourth-order valence-electron chi connectivity index (χ4n) is 2.65. The molecule has 1 aliphatic rings. The van der Waals surface area contributed by atoms with Crippen LogP contribution in [0.25, 0.3) is 0 Å². The van der Waals surface area contributed by atoms with E-state index in [0.29, 0.717) is 28.1 Å². The number of likely N-dealkylation sites (tertiary alicyclic amines) is 1. The quantitative estimate of drug-likeness (QED) is 0.812. The molecule has 4 nitrogen and oxygen atoms in total. The van der Waals surface area contributed by atoms with Gasteiger partial charge in [-0.05, 0) is 44.6 Å².